The molecular weight excluding hydrogens is 514 g/mol. The minimum absolute atomic E-state index is 0.205. The van der Waals surface area contributed by atoms with Crippen molar-refractivity contribution in [3.05, 3.63) is 66.5 Å². The molecule has 0 radical (unpaired) electrons. The number of carbonyl (C=O) groups is 1. The van der Waals surface area contributed by atoms with Gasteiger partial charge >= 0.3 is 0 Å². The van der Waals surface area contributed by atoms with Crippen molar-refractivity contribution in [2.24, 2.45) is 5.92 Å². The van der Waals surface area contributed by atoms with E-state index in [2.05, 4.69) is 25.9 Å². The van der Waals surface area contributed by atoms with Crippen molar-refractivity contribution in [2.45, 2.75) is 44.6 Å². The van der Waals surface area contributed by atoms with E-state index in [4.69, 9.17) is 9.72 Å². The van der Waals surface area contributed by atoms with Crippen LogP contribution in [0.1, 0.15) is 31.2 Å². The number of hydrogen-bond acceptors (Lipinski definition) is 7. The highest BCUT2D eigenvalue weighted by Crippen LogP contribution is 2.50. The van der Waals surface area contributed by atoms with E-state index in [0.717, 1.165) is 42.3 Å². The minimum atomic E-state index is -2.73. The lowest BCUT2D eigenvalue weighted by molar-refractivity contribution is -0.117. The molecule has 0 bridgehead atoms. The quantitative estimate of drug-likeness (QED) is 0.252. The Labute approximate surface area is 230 Å². The molecule has 1 aliphatic heterocycles. The number of anilines is 2. The minimum Gasteiger partial charge on any atom is -0.437 e. The average Bonchev–Trinajstić information content (AvgIpc) is 3.56. The highest BCUT2D eigenvalue weighted by Gasteiger charge is 2.57. The number of nitrogens with one attached hydrogen (secondary N) is 3. The number of benzene rings is 2. The normalized spacial score (nSPS) is 19.7. The van der Waals surface area contributed by atoms with E-state index in [9.17, 15) is 13.6 Å². The number of amides is 1. The maximum Gasteiger partial charge on any atom is 0.252 e. The molecule has 0 spiro atoms. The molecule has 2 aromatic carbocycles. The fraction of sp³-hybridized carbons (Fsp3) is 0.333. The topological polar surface area (TPSA) is 101 Å². The number of piperidine rings is 1. The van der Waals surface area contributed by atoms with Gasteiger partial charge in [-0.25, -0.2) is 23.7 Å². The molecule has 1 saturated heterocycles. The second kappa shape index (κ2) is 10.8. The number of aryl methyl sites for hydroxylation is 1. The summed E-state index contributed by atoms with van der Waals surface area (Å²) < 4.78 is 33.1. The van der Waals surface area contributed by atoms with Gasteiger partial charge in [0.1, 0.15) is 5.75 Å². The van der Waals surface area contributed by atoms with Crippen LogP contribution in [0.15, 0.2) is 60.9 Å². The van der Waals surface area contributed by atoms with Gasteiger partial charge in [-0.3, -0.25) is 4.79 Å². The van der Waals surface area contributed by atoms with Crippen molar-refractivity contribution < 1.29 is 18.3 Å². The number of rotatable bonds is 8. The number of ether oxygens (including phenoxy) is 1. The fourth-order valence-corrected chi connectivity index (χ4v) is 5.10. The Morgan fingerprint density at radius 1 is 1.10 bits per heavy atom. The van der Waals surface area contributed by atoms with Gasteiger partial charge in [0.15, 0.2) is 0 Å². The molecule has 10 heteroatoms. The van der Waals surface area contributed by atoms with E-state index < -0.39 is 17.7 Å². The summed E-state index contributed by atoms with van der Waals surface area (Å²) in [5.74, 6) is -2.53. The third-order valence-electron chi connectivity index (χ3n) is 7.40. The lowest BCUT2D eigenvalue weighted by atomic mass is 10.0. The first kappa shape index (κ1) is 26.1. The zero-order chi connectivity index (χ0) is 27.7. The molecule has 3 N–H and O–H groups in total. The van der Waals surface area contributed by atoms with Crippen LogP contribution in [0.5, 0.6) is 11.6 Å². The molecule has 2 atom stereocenters. The third-order valence-corrected chi connectivity index (χ3v) is 7.40. The first-order valence-corrected chi connectivity index (χ1v) is 13.5. The van der Waals surface area contributed by atoms with Gasteiger partial charge in [-0.05, 0) is 56.1 Å². The highest BCUT2D eigenvalue weighted by atomic mass is 19.3. The molecule has 1 amide bonds. The number of nitrogens with zero attached hydrogens (tertiary/aromatic N) is 3. The molecule has 1 saturated carbocycles. The number of aromatic nitrogens is 3. The Kier molecular flexibility index (Phi) is 7.02. The van der Waals surface area contributed by atoms with E-state index in [0.29, 0.717) is 34.5 Å². The van der Waals surface area contributed by atoms with E-state index in [1.165, 1.54) is 0 Å². The summed E-state index contributed by atoms with van der Waals surface area (Å²) in [6.07, 6.45) is 5.09. The van der Waals surface area contributed by atoms with Crippen molar-refractivity contribution in [1.82, 2.24) is 20.3 Å². The van der Waals surface area contributed by atoms with E-state index in [-0.39, 0.29) is 18.9 Å². The summed E-state index contributed by atoms with van der Waals surface area (Å²) in [4.78, 5) is 26.1. The van der Waals surface area contributed by atoms with Crippen LogP contribution >= 0.6 is 0 Å². The van der Waals surface area contributed by atoms with Gasteiger partial charge in [0.2, 0.25) is 17.7 Å². The summed E-state index contributed by atoms with van der Waals surface area (Å²) >= 11 is 0. The Hall–Kier alpha value is -4.18. The number of alkyl halides is 2. The van der Waals surface area contributed by atoms with E-state index in [1.807, 2.05) is 43.3 Å². The fourth-order valence-electron chi connectivity index (χ4n) is 5.10. The zero-order valence-corrected chi connectivity index (χ0v) is 22.1. The van der Waals surface area contributed by atoms with Gasteiger partial charge in [0, 0.05) is 60.2 Å². The number of pyridine rings is 1. The monoisotopic (exact) mass is 544 g/mol. The second-order valence-electron chi connectivity index (χ2n) is 10.4. The molecule has 1 aliphatic carbocycles. The van der Waals surface area contributed by atoms with Crippen molar-refractivity contribution >= 4 is 28.3 Å². The first-order chi connectivity index (χ1) is 19.4. The van der Waals surface area contributed by atoms with Crippen LogP contribution in [0.4, 0.5) is 20.4 Å². The van der Waals surface area contributed by atoms with Crippen molar-refractivity contribution in [2.75, 3.05) is 23.7 Å². The third kappa shape index (κ3) is 5.58. The van der Waals surface area contributed by atoms with Gasteiger partial charge in [0.05, 0.1) is 11.3 Å². The van der Waals surface area contributed by atoms with Crippen LogP contribution in [0.25, 0.3) is 22.0 Å². The van der Waals surface area contributed by atoms with Crippen LogP contribution < -0.4 is 20.7 Å². The predicted octanol–water partition coefficient (Wildman–Crippen LogP) is 5.94. The van der Waals surface area contributed by atoms with E-state index >= 15 is 0 Å². The molecule has 8 nitrogen and oxygen atoms in total. The first-order valence-electron chi connectivity index (χ1n) is 13.5. The molecule has 40 heavy (non-hydrogen) atoms. The molecule has 2 aromatic heterocycles. The lowest BCUT2D eigenvalue weighted by Gasteiger charge is -2.23. The highest BCUT2D eigenvalue weighted by molar-refractivity contribution is 6.04. The van der Waals surface area contributed by atoms with Crippen molar-refractivity contribution in [1.29, 1.82) is 0 Å². The summed E-state index contributed by atoms with van der Waals surface area (Å²) in [6, 6.07) is 15.1. The number of fused-ring (bicyclic) bond motifs is 1. The Bertz CT molecular complexity index is 1560. The SMILES string of the molecule is Cc1ccc2c(NC(=O)C[C@@H]3CC3(F)F)cccc2c1Oc1ncccc1-c1ccnc(N[C@H]2CCCNC2)n1. The van der Waals surface area contributed by atoms with Gasteiger partial charge in [0.25, 0.3) is 5.92 Å². The average molecular weight is 545 g/mol. The molecular formula is C30H30F2N6O2. The summed E-state index contributed by atoms with van der Waals surface area (Å²) in [6.45, 7) is 3.82. The summed E-state index contributed by atoms with van der Waals surface area (Å²) in [5.41, 5.74) is 2.80. The molecule has 4 aromatic rings. The second-order valence-corrected chi connectivity index (χ2v) is 10.4. The van der Waals surface area contributed by atoms with Gasteiger partial charge in [-0.1, -0.05) is 24.3 Å². The molecule has 0 unspecified atom stereocenters. The Morgan fingerprint density at radius 2 is 1.98 bits per heavy atom. The van der Waals surface area contributed by atoms with Crippen molar-refractivity contribution in [3.63, 3.8) is 0 Å². The van der Waals surface area contributed by atoms with Gasteiger partial charge in [-0.15, -0.1) is 0 Å². The summed E-state index contributed by atoms with van der Waals surface area (Å²) in [5, 5.41) is 11.1. The zero-order valence-electron chi connectivity index (χ0n) is 22.1. The van der Waals surface area contributed by atoms with Crippen molar-refractivity contribution in [3.8, 4) is 22.9 Å². The Balaban J connectivity index is 1.28. The van der Waals surface area contributed by atoms with E-state index in [1.54, 1.807) is 24.5 Å². The Morgan fingerprint density at radius 3 is 2.77 bits per heavy atom. The predicted molar refractivity (Wildman–Crippen MR) is 150 cm³/mol. The van der Waals surface area contributed by atoms with Crippen LogP contribution in [0, 0.1) is 12.8 Å². The van der Waals surface area contributed by atoms with Crippen LogP contribution in [0.3, 0.4) is 0 Å². The molecule has 2 fully saturated rings. The lowest BCUT2D eigenvalue weighted by Crippen LogP contribution is -2.38. The molecule has 2 aliphatic rings. The van der Waals surface area contributed by atoms with Crippen LogP contribution in [0.2, 0.25) is 0 Å². The largest absolute Gasteiger partial charge is 0.437 e. The molecule has 6 rings (SSSR count). The standard InChI is InChI=1S/C30H30F2N6O2/c1-18-9-10-21-22(6-2-8-24(21)37-26(39)15-19-16-30(19,31)32)27(18)40-28-23(7-4-13-34-28)25-11-14-35-29(38-25)36-20-5-3-12-33-17-20/h2,4,6-11,13-14,19-20,33H,3,5,12,15-17H2,1H3,(H,37,39)(H,35,36,38)/t19-,20+/m1/s1. The number of halogens is 2. The molecule has 3 heterocycles. The van der Waals surface area contributed by atoms with Gasteiger partial charge < -0.3 is 20.7 Å². The maximum absolute atomic E-state index is 13.3. The summed E-state index contributed by atoms with van der Waals surface area (Å²) in [7, 11) is 0. The van der Waals surface area contributed by atoms with Crippen LogP contribution in [-0.4, -0.2) is 45.9 Å². The number of carbonyl (C=O) groups excluding carboxylic acids is 1. The smallest absolute Gasteiger partial charge is 0.252 e. The van der Waals surface area contributed by atoms with Crippen LogP contribution in [-0.2, 0) is 4.79 Å². The maximum atomic E-state index is 13.3. The number of hydrogen-bond donors (Lipinski definition) is 3. The van der Waals surface area contributed by atoms with Gasteiger partial charge in [-0.2, -0.15) is 0 Å². The molecule has 206 valence electrons.